The average Bonchev–Trinajstić information content (AvgIpc) is 2.40. The van der Waals surface area contributed by atoms with Crippen LogP contribution in [-0.4, -0.2) is 29.8 Å². The highest BCUT2D eigenvalue weighted by molar-refractivity contribution is 5.85. The Kier molecular flexibility index (Phi) is 9.10. The molecular weight excluding hydrogens is 285 g/mol. The maximum absolute atomic E-state index is 8.94. The Morgan fingerprint density at radius 3 is 2.58 bits per heavy atom. The van der Waals surface area contributed by atoms with Crippen LogP contribution in [0.4, 0.5) is 5.69 Å². The van der Waals surface area contributed by atoms with Gasteiger partial charge in [0.15, 0.2) is 0 Å². The fourth-order valence-corrected chi connectivity index (χ4v) is 2.52. The van der Waals surface area contributed by atoms with E-state index in [9.17, 15) is 0 Å². The monoisotopic (exact) mass is 307 g/mol. The van der Waals surface area contributed by atoms with E-state index in [-0.39, 0.29) is 24.8 Å². The lowest BCUT2D eigenvalue weighted by Crippen LogP contribution is -2.34. The molecule has 1 aliphatic rings. The molecule has 0 unspecified atom stereocenters. The minimum atomic E-state index is 0. The summed E-state index contributed by atoms with van der Waals surface area (Å²) in [6.07, 6.45) is 5.04. The van der Waals surface area contributed by atoms with Crippen LogP contribution in [0.1, 0.15) is 25.0 Å². The van der Waals surface area contributed by atoms with Crippen LogP contribution < -0.4 is 10.6 Å². The molecule has 0 atom stereocenters. The van der Waals surface area contributed by atoms with Gasteiger partial charge in [0.05, 0.1) is 11.4 Å². The van der Waals surface area contributed by atoms with E-state index in [0.29, 0.717) is 19.1 Å². The molecule has 1 fully saturated rings. The van der Waals surface area contributed by atoms with Crippen molar-refractivity contribution in [2.24, 2.45) is 11.7 Å². The largest absolute Gasteiger partial charge is 0.396 e. The standard InChI is InChI=1S/C13H21N3O.2ClH/c14-10-12-13(2-1-6-15-12)16-7-3-11(4-8-16)5-9-17;;/h1-2,6,11,17H,3-5,7-10,14H2;2*1H. The third-order valence-corrected chi connectivity index (χ3v) is 3.55. The molecular formula is C13H23Cl2N3O. The molecule has 0 radical (unpaired) electrons. The van der Waals surface area contributed by atoms with Gasteiger partial charge in [-0.05, 0) is 37.3 Å². The predicted molar refractivity (Wildman–Crippen MR) is 83.3 cm³/mol. The molecule has 0 aliphatic carbocycles. The van der Waals surface area contributed by atoms with Crippen LogP contribution in [0.15, 0.2) is 18.3 Å². The SMILES string of the molecule is Cl.Cl.NCc1ncccc1N1CCC(CCO)CC1. The molecule has 0 amide bonds. The summed E-state index contributed by atoms with van der Waals surface area (Å²) in [4.78, 5) is 6.69. The van der Waals surface area contributed by atoms with E-state index >= 15 is 0 Å². The molecule has 2 heterocycles. The predicted octanol–water partition coefficient (Wildman–Crippen LogP) is 1.98. The number of pyridine rings is 1. The van der Waals surface area contributed by atoms with Gasteiger partial charge in [-0.1, -0.05) is 0 Å². The summed E-state index contributed by atoms with van der Waals surface area (Å²) in [6, 6.07) is 4.07. The summed E-state index contributed by atoms with van der Waals surface area (Å²) in [5, 5.41) is 8.94. The number of nitrogens with two attached hydrogens (primary N) is 1. The second kappa shape index (κ2) is 9.37. The molecule has 2 rings (SSSR count). The highest BCUT2D eigenvalue weighted by Crippen LogP contribution is 2.26. The summed E-state index contributed by atoms with van der Waals surface area (Å²) in [5.41, 5.74) is 7.87. The lowest BCUT2D eigenvalue weighted by Gasteiger charge is -2.34. The molecule has 1 aliphatic heterocycles. The van der Waals surface area contributed by atoms with E-state index in [1.54, 1.807) is 6.20 Å². The van der Waals surface area contributed by atoms with Gasteiger partial charge < -0.3 is 15.7 Å². The minimum Gasteiger partial charge on any atom is -0.396 e. The number of hydrogen-bond acceptors (Lipinski definition) is 4. The maximum atomic E-state index is 8.94. The third-order valence-electron chi connectivity index (χ3n) is 3.55. The molecule has 6 heteroatoms. The Labute approximate surface area is 127 Å². The number of aromatic nitrogens is 1. The van der Waals surface area contributed by atoms with Gasteiger partial charge in [0.25, 0.3) is 0 Å². The Morgan fingerprint density at radius 1 is 1.32 bits per heavy atom. The molecule has 1 aromatic rings. The fourth-order valence-electron chi connectivity index (χ4n) is 2.52. The molecule has 0 bridgehead atoms. The molecule has 19 heavy (non-hydrogen) atoms. The van der Waals surface area contributed by atoms with Crippen LogP contribution in [0, 0.1) is 5.92 Å². The van der Waals surface area contributed by atoms with Crippen molar-refractivity contribution < 1.29 is 5.11 Å². The summed E-state index contributed by atoms with van der Waals surface area (Å²) >= 11 is 0. The quantitative estimate of drug-likeness (QED) is 0.893. The molecule has 110 valence electrons. The lowest BCUT2D eigenvalue weighted by atomic mass is 9.93. The van der Waals surface area contributed by atoms with E-state index in [4.69, 9.17) is 10.8 Å². The first-order valence-corrected chi connectivity index (χ1v) is 6.35. The topological polar surface area (TPSA) is 62.4 Å². The van der Waals surface area contributed by atoms with Gasteiger partial charge in [0, 0.05) is 32.4 Å². The first-order chi connectivity index (χ1) is 8.35. The number of aliphatic hydroxyl groups is 1. The van der Waals surface area contributed by atoms with Gasteiger partial charge >= 0.3 is 0 Å². The van der Waals surface area contributed by atoms with Crippen LogP contribution in [0.25, 0.3) is 0 Å². The number of rotatable bonds is 4. The Bertz CT molecular complexity index is 357. The van der Waals surface area contributed by atoms with Crippen LogP contribution >= 0.6 is 24.8 Å². The van der Waals surface area contributed by atoms with Crippen LogP contribution in [0.5, 0.6) is 0 Å². The van der Waals surface area contributed by atoms with E-state index in [1.165, 1.54) is 5.69 Å². The molecule has 0 spiro atoms. The van der Waals surface area contributed by atoms with Gasteiger partial charge in [0.1, 0.15) is 0 Å². The van der Waals surface area contributed by atoms with Crippen molar-refractivity contribution in [1.82, 2.24) is 4.98 Å². The molecule has 4 nitrogen and oxygen atoms in total. The van der Waals surface area contributed by atoms with E-state index in [0.717, 1.165) is 38.0 Å². The van der Waals surface area contributed by atoms with Gasteiger partial charge in [-0.25, -0.2) is 0 Å². The Balaban J connectivity index is 0.00000162. The minimum absolute atomic E-state index is 0. The average molecular weight is 308 g/mol. The smallest absolute Gasteiger partial charge is 0.0772 e. The van der Waals surface area contributed by atoms with Crippen molar-refractivity contribution in [3.8, 4) is 0 Å². The molecule has 3 N–H and O–H groups in total. The maximum Gasteiger partial charge on any atom is 0.0772 e. The number of nitrogens with zero attached hydrogens (tertiary/aromatic N) is 2. The number of hydrogen-bond donors (Lipinski definition) is 2. The lowest BCUT2D eigenvalue weighted by molar-refractivity contribution is 0.240. The van der Waals surface area contributed by atoms with E-state index in [1.807, 2.05) is 6.07 Å². The molecule has 1 saturated heterocycles. The zero-order valence-corrected chi connectivity index (χ0v) is 12.6. The number of anilines is 1. The number of halogens is 2. The van der Waals surface area contributed by atoms with Crippen molar-refractivity contribution in [2.45, 2.75) is 25.8 Å². The summed E-state index contributed by atoms with van der Waals surface area (Å²) in [6.45, 7) is 2.89. The van der Waals surface area contributed by atoms with E-state index < -0.39 is 0 Å². The third kappa shape index (κ3) is 4.80. The van der Waals surface area contributed by atoms with Gasteiger partial charge in [0.2, 0.25) is 0 Å². The molecule has 0 saturated carbocycles. The molecule has 1 aromatic heterocycles. The first kappa shape index (κ1) is 18.4. The van der Waals surface area contributed by atoms with Crippen LogP contribution in [0.2, 0.25) is 0 Å². The second-order valence-corrected chi connectivity index (χ2v) is 4.62. The van der Waals surface area contributed by atoms with Gasteiger partial charge in [-0.15, -0.1) is 24.8 Å². The highest BCUT2D eigenvalue weighted by Gasteiger charge is 2.20. The fraction of sp³-hybridized carbons (Fsp3) is 0.615. The Morgan fingerprint density at radius 2 is 2.00 bits per heavy atom. The number of piperidine rings is 1. The van der Waals surface area contributed by atoms with Crippen molar-refractivity contribution in [2.75, 3.05) is 24.6 Å². The first-order valence-electron chi connectivity index (χ1n) is 6.35. The van der Waals surface area contributed by atoms with Crippen LogP contribution in [0.3, 0.4) is 0 Å². The highest BCUT2D eigenvalue weighted by atomic mass is 35.5. The van der Waals surface area contributed by atoms with Crippen molar-refractivity contribution in [3.63, 3.8) is 0 Å². The molecule has 0 aromatic carbocycles. The van der Waals surface area contributed by atoms with E-state index in [2.05, 4.69) is 16.0 Å². The Hall–Kier alpha value is -0.550. The van der Waals surface area contributed by atoms with Crippen molar-refractivity contribution >= 4 is 30.5 Å². The number of aliphatic hydroxyl groups excluding tert-OH is 1. The van der Waals surface area contributed by atoms with Crippen molar-refractivity contribution in [3.05, 3.63) is 24.0 Å². The van der Waals surface area contributed by atoms with Gasteiger partial charge in [-0.3, -0.25) is 4.98 Å². The van der Waals surface area contributed by atoms with Gasteiger partial charge in [-0.2, -0.15) is 0 Å². The second-order valence-electron chi connectivity index (χ2n) is 4.62. The van der Waals surface area contributed by atoms with Crippen LogP contribution in [-0.2, 0) is 6.54 Å². The zero-order chi connectivity index (χ0) is 12.1. The summed E-state index contributed by atoms with van der Waals surface area (Å²) < 4.78 is 0. The normalized spacial score (nSPS) is 15.6. The summed E-state index contributed by atoms with van der Waals surface area (Å²) in [5.74, 6) is 0.675. The zero-order valence-electron chi connectivity index (χ0n) is 11.0. The summed E-state index contributed by atoms with van der Waals surface area (Å²) in [7, 11) is 0. The van der Waals surface area contributed by atoms with Crippen molar-refractivity contribution in [1.29, 1.82) is 0 Å².